The lowest BCUT2D eigenvalue weighted by molar-refractivity contribution is 1.77. The molecule has 0 aliphatic carbocycles. The highest BCUT2D eigenvalue weighted by Gasteiger charge is 2.14. The Morgan fingerprint density at radius 2 is 1.59 bits per heavy atom. The first-order chi connectivity index (χ1) is 10.7. The van der Waals surface area contributed by atoms with Crippen LogP contribution in [0.1, 0.15) is 0 Å². The molecule has 4 heteroatoms. The van der Waals surface area contributed by atoms with Crippen molar-refractivity contribution in [2.24, 2.45) is 0 Å². The molecule has 0 saturated carbocycles. The van der Waals surface area contributed by atoms with Crippen LogP contribution >= 0.6 is 50.2 Å². The largest absolute Gasteiger partial charge is 0.134 e. The summed E-state index contributed by atoms with van der Waals surface area (Å²) in [5.41, 5.74) is 0. The van der Waals surface area contributed by atoms with Gasteiger partial charge in [-0.1, -0.05) is 51.8 Å². The third kappa shape index (κ3) is 1.74. The second-order valence-corrected chi connectivity index (χ2v) is 8.71. The lowest BCUT2D eigenvalue weighted by Gasteiger charge is -1.97. The van der Waals surface area contributed by atoms with E-state index in [-0.39, 0.29) is 0 Å². The SMILES string of the molecule is Clc1cc(Br)cc2c1sc1ccc3c4ccccc4sc3c12. The second kappa shape index (κ2) is 4.68. The Kier molecular flexibility index (Phi) is 2.84. The molecule has 0 radical (unpaired) electrons. The topological polar surface area (TPSA) is 0 Å². The van der Waals surface area contributed by atoms with Crippen molar-refractivity contribution < 1.29 is 0 Å². The van der Waals surface area contributed by atoms with Crippen LogP contribution in [0.2, 0.25) is 5.02 Å². The average molecular weight is 404 g/mol. The van der Waals surface area contributed by atoms with Crippen molar-refractivity contribution in [2.75, 3.05) is 0 Å². The van der Waals surface area contributed by atoms with Gasteiger partial charge in [0.1, 0.15) is 0 Å². The number of benzene rings is 3. The van der Waals surface area contributed by atoms with Crippen molar-refractivity contribution in [2.45, 2.75) is 0 Å². The third-order valence-corrected chi connectivity index (χ3v) is 7.27. The first-order valence-corrected chi connectivity index (χ1v) is 9.64. The summed E-state index contributed by atoms with van der Waals surface area (Å²) in [6.45, 7) is 0. The van der Waals surface area contributed by atoms with Crippen LogP contribution in [-0.4, -0.2) is 0 Å². The molecule has 0 N–H and O–H groups in total. The molecule has 0 amide bonds. The van der Waals surface area contributed by atoms with Crippen molar-refractivity contribution in [1.82, 2.24) is 0 Å². The van der Waals surface area contributed by atoms with Gasteiger partial charge in [-0.2, -0.15) is 0 Å². The number of hydrogen-bond donors (Lipinski definition) is 0. The molecule has 0 atom stereocenters. The molecule has 0 unspecified atom stereocenters. The number of hydrogen-bond acceptors (Lipinski definition) is 2. The van der Waals surface area contributed by atoms with E-state index in [0.717, 1.165) is 9.50 Å². The zero-order valence-electron chi connectivity index (χ0n) is 11.2. The zero-order chi connectivity index (χ0) is 14.8. The normalized spacial score (nSPS) is 12.1. The maximum Gasteiger partial charge on any atom is 0.0595 e. The molecule has 0 aliphatic heterocycles. The van der Waals surface area contributed by atoms with E-state index in [0.29, 0.717) is 0 Å². The van der Waals surface area contributed by atoms with Crippen LogP contribution in [0.4, 0.5) is 0 Å². The van der Waals surface area contributed by atoms with E-state index in [1.54, 1.807) is 11.3 Å². The summed E-state index contributed by atoms with van der Waals surface area (Å²) in [4.78, 5) is 0. The molecule has 2 aromatic heterocycles. The van der Waals surface area contributed by atoms with Gasteiger partial charge in [-0.25, -0.2) is 0 Å². The molecule has 2 heterocycles. The number of halogens is 2. The van der Waals surface area contributed by atoms with Gasteiger partial charge in [0.15, 0.2) is 0 Å². The highest BCUT2D eigenvalue weighted by molar-refractivity contribution is 9.10. The van der Waals surface area contributed by atoms with Crippen LogP contribution in [0.3, 0.4) is 0 Å². The van der Waals surface area contributed by atoms with Crippen LogP contribution in [0.5, 0.6) is 0 Å². The minimum atomic E-state index is 0.819. The molecule has 0 aliphatic rings. The Labute approximate surface area is 148 Å². The molecule has 3 aromatic carbocycles. The van der Waals surface area contributed by atoms with E-state index < -0.39 is 0 Å². The molecule has 0 bridgehead atoms. The van der Waals surface area contributed by atoms with Crippen molar-refractivity contribution in [3.63, 3.8) is 0 Å². The van der Waals surface area contributed by atoms with E-state index in [1.807, 2.05) is 17.4 Å². The fourth-order valence-electron chi connectivity index (χ4n) is 3.07. The van der Waals surface area contributed by atoms with Gasteiger partial charge in [-0.15, -0.1) is 22.7 Å². The predicted molar refractivity (Wildman–Crippen MR) is 105 cm³/mol. The van der Waals surface area contributed by atoms with Gasteiger partial charge in [-0.3, -0.25) is 0 Å². The van der Waals surface area contributed by atoms with Crippen LogP contribution in [0, 0.1) is 0 Å². The maximum absolute atomic E-state index is 6.45. The fourth-order valence-corrected chi connectivity index (χ4v) is 6.42. The second-order valence-electron chi connectivity index (χ2n) is 5.28. The smallest absolute Gasteiger partial charge is 0.0595 e. The highest BCUT2D eigenvalue weighted by atomic mass is 79.9. The summed E-state index contributed by atoms with van der Waals surface area (Å²) in [5.74, 6) is 0. The summed E-state index contributed by atoms with van der Waals surface area (Å²) in [6, 6.07) is 17.2. The lowest BCUT2D eigenvalue weighted by Crippen LogP contribution is -1.71. The van der Waals surface area contributed by atoms with E-state index in [2.05, 4.69) is 58.4 Å². The Balaban J connectivity index is 2.11. The number of rotatable bonds is 0. The van der Waals surface area contributed by atoms with Gasteiger partial charge in [-0.05, 0) is 24.3 Å². The van der Waals surface area contributed by atoms with E-state index in [9.17, 15) is 0 Å². The predicted octanol–water partition coefficient (Wildman–Crippen LogP) is 7.84. The van der Waals surface area contributed by atoms with Gasteiger partial charge in [0.2, 0.25) is 0 Å². The molecular formula is C18H8BrClS2. The maximum atomic E-state index is 6.45. The highest BCUT2D eigenvalue weighted by Crippen LogP contribution is 2.46. The number of fused-ring (bicyclic) bond motifs is 7. The van der Waals surface area contributed by atoms with Crippen LogP contribution in [0.25, 0.3) is 40.3 Å². The number of thiophene rings is 2. The fraction of sp³-hybridized carbons (Fsp3) is 0. The quantitative estimate of drug-likeness (QED) is 0.247. The van der Waals surface area contributed by atoms with Gasteiger partial charge in [0.05, 0.1) is 9.72 Å². The lowest BCUT2D eigenvalue weighted by atomic mass is 10.1. The van der Waals surface area contributed by atoms with Crippen molar-refractivity contribution in [1.29, 1.82) is 0 Å². The summed E-state index contributed by atoms with van der Waals surface area (Å²) in [6.07, 6.45) is 0. The van der Waals surface area contributed by atoms with Gasteiger partial charge in [0.25, 0.3) is 0 Å². The molecule has 0 nitrogen and oxygen atoms in total. The van der Waals surface area contributed by atoms with E-state index in [1.165, 1.54) is 40.3 Å². The minimum Gasteiger partial charge on any atom is -0.134 e. The molecule has 0 fully saturated rings. The van der Waals surface area contributed by atoms with Gasteiger partial charge in [0, 0.05) is 40.1 Å². The Bertz CT molecular complexity index is 1200. The first kappa shape index (κ1) is 13.3. The molecule has 0 spiro atoms. The van der Waals surface area contributed by atoms with Crippen molar-refractivity contribution >= 4 is 90.5 Å². The Hall–Kier alpha value is -1.13. The van der Waals surface area contributed by atoms with Gasteiger partial charge >= 0.3 is 0 Å². The molecule has 5 aromatic rings. The van der Waals surface area contributed by atoms with Crippen LogP contribution in [0.15, 0.2) is 53.0 Å². The molecule has 0 saturated heterocycles. The van der Waals surface area contributed by atoms with E-state index in [4.69, 9.17) is 11.6 Å². The summed E-state index contributed by atoms with van der Waals surface area (Å²) in [7, 11) is 0. The average Bonchev–Trinajstić information content (AvgIpc) is 3.05. The Morgan fingerprint density at radius 3 is 2.50 bits per heavy atom. The first-order valence-electron chi connectivity index (χ1n) is 6.84. The summed E-state index contributed by atoms with van der Waals surface area (Å²) < 4.78 is 6.20. The standard InChI is InChI=1S/C18H8BrClS2/c19-9-7-12-16-15(22-17(12)13(20)8-9)6-5-11-10-3-1-2-4-14(10)21-18(11)16/h1-8H. The van der Waals surface area contributed by atoms with E-state index >= 15 is 0 Å². The molecular weight excluding hydrogens is 396 g/mol. The molecule has 106 valence electrons. The molecule has 5 rings (SSSR count). The minimum absolute atomic E-state index is 0.819. The van der Waals surface area contributed by atoms with Crippen LogP contribution < -0.4 is 0 Å². The summed E-state index contributed by atoms with van der Waals surface area (Å²) >= 11 is 13.7. The van der Waals surface area contributed by atoms with Crippen LogP contribution in [-0.2, 0) is 0 Å². The van der Waals surface area contributed by atoms with Gasteiger partial charge < -0.3 is 0 Å². The monoisotopic (exact) mass is 402 g/mol. The summed E-state index contributed by atoms with van der Waals surface area (Å²) in [5, 5.41) is 6.08. The molecule has 22 heavy (non-hydrogen) atoms. The third-order valence-electron chi connectivity index (χ3n) is 4.00. The zero-order valence-corrected chi connectivity index (χ0v) is 15.2. The Morgan fingerprint density at radius 1 is 0.773 bits per heavy atom. The van der Waals surface area contributed by atoms with Crippen molar-refractivity contribution in [3.8, 4) is 0 Å². The van der Waals surface area contributed by atoms with Crippen molar-refractivity contribution in [3.05, 3.63) is 58.0 Å².